The molecule has 0 radical (unpaired) electrons. The first-order chi connectivity index (χ1) is 8.07. The van der Waals surface area contributed by atoms with Gasteiger partial charge in [-0.1, -0.05) is 21.6 Å². The van der Waals surface area contributed by atoms with Crippen LogP contribution in [-0.2, 0) is 9.59 Å². The molecule has 1 atom stereocenters. The van der Waals surface area contributed by atoms with Gasteiger partial charge in [-0.3, -0.25) is 9.59 Å². The van der Waals surface area contributed by atoms with Gasteiger partial charge in [0.1, 0.15) is 6.04 Å². The van der Waals surface area contributed by atoms with E-state index in [1.165, 1.54) is 0 Å². The summed E-state index contributed by atoms with van der Waals surface area (Å²) < 4.78 is 0. The zero-order chi connectivity index (χ0) is 13.1. The van der Waals surface area contributed by atoms with Crippen molar-refractivity contribution in [2.24, 2.45) is 11.5 Å². The Hall–Kier alpha value is -0.440. The first kappa shape index (κ1) is 16.6. The van der Waals surface area contributed by atoms with Crippen molar-refractivity contribution in [3.8, 4) is 0 Å². The topological polar surface area (TPSA) is 118 Å². The second-order valence-electron chi connectivity index (χ2n) is 3.27. The van der Waals surface area contributed by atoms with E-state index < -0.39 is 12.0 Å². The Kier molecular flexibility index (Phi) is 10.4. The normalized spacial score (nSPS) is 12.1. The van der Waals surface area contributed by atoms with Crippen LogP contribution in [0.1, 0.15) is 12.8 Å². The van der Waals surface area contributed by atoms with Crippen LogP contribution in [0.2, 0.25) is 0 Å². The molecule has 0 saturated carbocycles. The fourth-order valence-electron chi connectivity index (χ4n) is 0.897. The quantitative estimate of drug-likeness (QED) is 0.319. The highest BCUT2D eigenvalue weighted by molar-refractivity contribution is 8.76. The molecule has 8 heteroatoms. The Morgan fingerprint density at radius 2 is 1.94 bits per heavy atom. The van der Waals surface area contributed by atoms with Crippen LogP contribution in [0, 0.1) is 0 Å². The third-order valence-corrected chi connectivity index (χ3v) is 4.23. The van der Waals surface area contributed by atoms with Crippen molar-refractivity contribution in [3.05, 3.63) is 0 Å². The maximum Gasteiger partial charge on any atom is 0.320 e. The number of hydrogen-bond acceptors (Lipinski definition) is 6. The van der Waals surface area contributed by atoms with E-state index in [2.05, 4.69) is 5.32 Å². The molecule has 0 aromatic rings. The molecule has 0 saturated heterocycles. The molecule has 0 fully saturated rings. The van der Waals surface area contributed by atoms with E-state index in [1.807, 2.05) is 0 Å². The predicted octanol–water partition coefficient (Wildman–Crippen LogP) is -0.365. The summed E-state index contributed by atoms with van der Waals surface area (Å²) in [5, 5.41) is 11.2. The Morgan fingerprint density at radius 3 is 2.53 bits per heavy atom. The first-order valence-electron chi connectivity index (χ1n) is 5.27. The number of nitrogens with two attached hydrogens (primary N) is 2. The second kappa shape index (κ2) is 10.7. The fraction of sp³-hybridized carbons (Fsp3) is 0.778. The lowest BCUT2D eigenvalue weighted by Gasteiger charge is -2.07. The third kappa shape index (κ3) is 10.4. The van der Waals surface area contributed by atoms with Gasteiger partial charge < -0.3 is 21.9 Å². The number of amides is 1. The number of carbonyl (C=O) groups is 2. The highest BCUT2D eigenvalue weighted by atomic mass is 33.1. The van der Waals surface area contributed by atoms with Gasteiger partial charge in [0.25, 0.3) is 0 Å². The summed E-state index contributed by atoms with van der Waals surface area (Å²) in [5.74, 6) is 0.464. The van der Waals surface area contributed by atoms with Crippen molar-refractivity contribution in [2.75, 3.05) is 24.6 Å². The summed E-state index contributed by atoms with van der Waals surface area (Å²) in [5.41, 5.74) is 10.6. The monoisotopic (exact) mass is 281 g/mol. The molecular formula is C9H19N3O3S2. The SMILES string of the molecule is NCCSSCCNC(=O)CC[C@H](N)C(=O)O. The summed E-state index contributed by atoms with van der Waals surface area (Å²) >= 11 is 0. The van der Waals surface area contributed by atoms with Crippen LogP contribution >= 0.6 is 21.6 Å². The second-order valence-corrected chi connectivity index (χ2v) is 5.97. The van der Waals surface area contributed by atoms with Gasteiger partial charge in [0.05, 0.1) is 0 Å². The van der Waals surface area contributed by atoms with Crippen LogP contribution in [0.15, 0.2) is 0 Å². The third-order valence-electron chi connectivity index (χ3n) is 1.79. The van der Waals surface area contributed by atoms with Crippen molar-refractivity contribution in [1.82, 2.24) is 5.32 Å². The van der Waals surface area contributed by atoms with Crippen molar-refractivity contribution in [2.45, 2.75) is 18.9 Å². The smallest absolute Gasteiger partial charge is 0.320 e. The Morgan fingerprint density at radius 1 is 1.29 bits per heavy atom. The number of rotatable bonds is 10. The predicted molar refractivity (Wildman–Crippen MR) is 71.8 cm³/mol. The highest BCUT2D eigenvalue weighted by Gasteiger charge is 2.12. The van der Waals surface area contributed by atoms with Crippen LogP contribution in [0.4, 0.5) is 0 Å². The van der Waals surface area contributed by atoms with E-state index in [0.717, 1.165) is 11.5 Å². The maximum atomic E-state index is 11.3. The first-order valence-corrected chi connectivity index (χ1v) is 7.76. The lowest BCUT2D eigenvalue weighted by Crippen LogP contribution is -2.33. The van der Waals surface area contributed by atoms with Gasteiger partial charge >= 0.3 is 5.97 Å². The van der Waals surface area contributed by atoms with Gasteiger partial charge in [-0.15, -0.1) is 0 Å². The van der Waals surface area contributed by atoms with E-state index in [4.69, 9.17) is 16.6 Å². The van der Waals surface area contributed by atoms with Crippen LogP contribution in [-0.4, -0.2) is 47.6 Å². The molecule has 0 unspecified atom stereocenters. The zero-order valence-corrected chi connectivity index (χ0v) is 11.2. The molecule has 0 spiro atoms. The van der Waals surface area contributed by atoms with Crippen molar-refractivity contribution in [1.29, 1.82) is 0 Å². The van der Waals surface area contributed by atoms with Crippen LogP contribution in [0.3, 0.4) is 0 Å². The van der Waals surface area contributed by atoms with Gasteiger partial charge in [0, 0.05) is 31.0 Å². The minimum Gasteiger partial charge on any atom is -0.480 e. The van der Waals surface area contributed by atoms with Crippen molar-refractivity contribution >= 4 is 33.5 Å². The lowest BCUT2D eigenvalue weighted by atomic mass is 10.1. The van der Waals surface area contributed by atoms with Gasteiger partial charge in [-0.25, -0.2) is 0 Å². The number of carbonyl (C=O) groups excluding carboxylic acids is 1. The summed E-state index contributed by atoms with van der Waals surface area (Å²) in [6.07, 6.45) is 0.310. The van der Waals surface area contributed by atoms with Gasteiger partial charge in [-0.05, 0) is 6.42 Å². The molecule has 6 N–H and O–H groups in total. The molecule has 1 amide bonds. The number of carboxylic acid groups (broad SMARTS) is 1. The van der Waals surface area contributed by atoms with Crippen molar-refractivity contribution < 1.29 is 14.7 Å². The number of hydrogen-bond donors (Lipinski definition) is 4. The van der Waals surface area contributed by atoms with Crippen molar-refractivity contribution in [3.63, 3.8) is 0 Å². The summed E-state index contributed by atoms with van der Waals surface area (Å²) in [6, 6.07) is -0.963. The molecule has 0 heterocycles. The molecule has 0 aliphatic rings. The van der Waals surface area contributed by atoms with Gasteiger partial charge in [0.2, 0.25) is 5.91 Å². The minimum atomic E-state index is -1.08. The molecule has 6 nitrogen and oxygen atoms in total. The minimum absolute atomic E-state index is 0.147. The Bertz CT molecular complexity index is 242. The average Bonchev–Trinajstić information content (AvgIpc) is 2.30. The molecule has 0 aliphatic heterocycles. The molecule has 0 bridgehead atoms. The van der Waals surface area contributed by atoms with E-state index >= 15 is 0 Å². The summed E-state index contributed by atoms with van der Waals surface area (Å²) in [7, 11) is 3.32. The Labute approximate surface area is 109 Å². The molecular weight excluding hydrogens is 262 g/mol. The molecule has 0 aliphatic carbocycles. The molecule has 0 aromatic heterocycles. The van der Waals surface area contributed by atoms with Crippen LogP contribution in [0.5, 0.6) is 0 Å². The largest absolute Gasteiger partial charge is 0.480 e. The zero-order valence-electron chi connectivity index (χ0n) is 9.55. The molecule has 0 aromatic carbocycles. The summed E-state index contributed by atoms with van der Waals surface area (Å²) in [4.78, 5) is 21.7. The van der Waals surface area contributed by atoms with Crippen LogP contribution < -0.4 is 16.8 Å². The van der Waals surface area contributed by atoms with E-state index in [1.54, 1.807) is 21.6 Å². The number of aliphatic carboxylic acids is 1. The van der Waals surface area contributed by atoms with E-state index in [9.17, 15) is 9.59 Å². The summed E-state index contributed by atoms with van der Waals surface area (Å²) in [6.45, 7) is 1.22. The van der Waals surface area contributed by atoms with E-state index in [-0.39, 0.29) is 18.7 Å². The standard InChI is InChI=1S/C9H19N3O3S2/c10-3-5-16-17-6-4-12-8(13)2-1-7(11)9(14)15/h7H,1-6,10-11H2,(H,12,13)(H,14,15)/t7-/m0/s1. The Balaban J connectivity index is 3.38. The lowest BCUT2D eigenvalue weighted by molar-refractivity contribution is -0.138. The molecule has 100 valence electrons. The average molecular weight is 281 g/mol. The number of carboxylic acids is 1. The van der Waals surface area contributed by atoms with Gasteiger partial charge in [-0.2, -0.15) is 0 Å². The number of nitrogens with one attached hydrogen (secondary N) is 1. The van der Waals surface area contributed by atoms with E-state index in [0.29, 0.717) is 13.1 Å². The molecule has 17 heavy (non-hydrogen) atoms. The van der Waals surface area contributed by atoms with Crippen LogP contribution in [0.25, 0.3) is 0 Å². The maximum absolute atomic E-state index is 11.3. The highest BCUT2D eigenvalue weighted by Crippen LogP contribution is 2.18. The fourth-order valence-corrected chi connectivity index (χ4v) is 2.66. The molecule has 0 rings (SSSR count). The van der Waals surface area contributed by atoms with Gasteiger partial charge in [0.15, 0.2) is 0 Å².